The molecule has 1 rings (SSSR count). The number of ether oxygens (including phenoxy) is 1. The minimum atomic E-state index is 0.144. The maximum absolute atomic E-state index is 11.7. The molecule has 1 aliphatic heterocycles. The highest BCUT2D eigenvalue weighted by atomic mass is 16.5. The number of nitrogens with two attached hydrogens (primary N) is 1. The lowest BCUT2D eigenvalue weighted by Crippen LogP contribution is -2.49. The first-order chi connectivity index (χ1) is 7.15. The molecule has 0 aromatic heterocycles. The van der Waals surface area contributed by atoms with Crippen molar-refractivity contribution < 1.29 is 9.53 Å². The van der Waals surface area contributed by atoms with Gasteiger partial charge in [0.15, 0.2) is 0 Å². The van der Waals surface area contributed by atoms with Crippen molar-refractivity contribution in [3.8, 4) is 0 Å². The molecule has 1 aliphatic rings. The van der Waals surface area contributed by atoms with Crippen LogP contribution in [-0.4, -0.2) is 43.7 Å². The molecule has 4 nitrogen and oxygen atoms in total. The van der Waals surface area contributed by atoms with Crippen molar-refractivity contribution in [1.82, 2.24) is 4.90 Å². The fourth-order valence-corrected chi connectivity index (χ4v) is 1.85. The van der Waals surface area contributed by atoms with Gasteiger partial charge in [0, 0.05) is 39.3 Å². The van der Waals surface area contributed by atoms with Crippen molar-refractivity contribution in [2.45, 2.75) is 32.2 Å². The second kappa shape index (κ2) is 6.08. The van der Waals surface area contributed by atoms with Gasteiger partial charge in [-0.15, -0.1) is 0 Å². The Balaban J connectivity index is 2.28. The van der Waals surface area contributed by atoms with E-state index >= 15 is 0 Å². The van der Waals surface area contributed by atoms with Crippen LogP contribution in [0.1, 0.15) is 26.2 Å². The second-order valence-electron chi connectivity index (χ2n) is 4.37. The van der Waals surface area contributed by atoms with Gasteiger partial charge in [-0.05, 0) is 18.8 Å². The minimum Gasteiger partial charge on any atom is -0.385 e. The molecule has 1 amide bonds. The van der Waals surface area contributed by atoms with Crippen LogP contribution < -0.4 is 5.73 Å². The van der Waals surface area contributed by atoms with Gasteiger partial charge in [0.25, 0.3) is 0 Å². The predicted octanol–water partition coefficient (Wildman–Crippen LogP) is 0.609. The number of nitrogens with zero attached hydrogens (tertiary/aromatic N) is 1. The first kappa shape index (κ1) is 12.5. The number of carbonyl (C=O) groups is 1. The second-order valence-corrected chi connectivity index (χ2v) is 4.37. The highest BCUT2D eigenvalue weighted by Gasteiger charge is 2.25. The van der Waals surface area contributed by atoms with Gasteiger partial charge in [-0.3, -0.25) is 4.79 Å². The van der Waals surface area contributed by atoms with Crippen LogP contribution in [0.3, 0.4) is 0 Å². The Morgan fingerprint density at radius 3 is 2.93 bits per heavy atom. The largest absolute Gasteiger partial charge is 0.385 e. The quantitative estimate of drug-likeness (QED) is 0.698. The zero-order valence-electron chi connectivity index (χ0n) is 9.74. The molecule has 2 unspecified atom stereocenters. The van der Waals surface area contributed by atoms with E-state index in [9.17, 15) is 4.79 Å². The van der Waals surface area contributed by atoms with Crippen molar-refractivity contribution in [1.29, 1.82) is 0 Å². The molecule has 0 aromatic carbocycles. The Morgan fingerprint density at radius 1 is 1.60 bits per heavy atom. The molecule has 15 heavy (non-hydrogen) atoms. The Hall–Kier alpha value is -0.610. The van der Waals surface area contributed by atoms with Crippen LogP contribution in [0.15, 0.2) is 0 Å². The van der Waals surface area contributed by atoms with Gasteiger partial charge in [0.05, 0.1) is 0 Å². The molecular formula is C11H22N2O2. The molecule has 88 valence electrons. The van der Waals surface area contributed by atoms with Gasteiger partial charge in [0.2, 0.25) is 5.91 Å². The van der Waals surface area contributed by atoms with Crippen LogP contribution in [0.25, 0.3) is 0 Å². The van der Waals surface area contributed by atoms with Crippen molar-refractivity contribution >= 4 is 5.91 Å². The van der Waals surface area contributed by atoms with E-state index in [1.807, 2.05) is 4.90 Å². The summed E-state index contributed by atoms with van der Waals surface area (Å²) < 4.78 is 4.92. The summed E-state index contributed by atoms with van der Waals surface area (Å²) in [6.45, 7) is 4.38. The SMILES string of the molecule is COCCCC(=O)N1CCC(C)C(N)C1. The number of carbonyl (C=O) groups excluding carboxylic acids is 1. The normalized spacial score (nSPS) is 26.7. The molecule has 0 spiro atoms. The van der Waals surface area contributed by atoms with E-state index in [0.29, 0.717) is 25.5 Å². The summed E-state index contributed by atoms with van der Waals surface area (Å²) in [5.41, 5.74) is 5.94. The van der Waals surface area contributed by atoms with Crippen molar-refractivity contribution in [2.75, 3.05) is 26.8 Å². The lowest BCUT2D eigenvalue weighted by Gasteiger charge is -2.35. The van der Waals surface area contributed by atoms with Crippen LogP contribution >= 0.6 is 0 Å². The number of methoxy groups -OCH3 is 1. The van der Waals surface area contributed by atoms with Gasteiger partial charge < -0.3 is 15.4 Å². The summed E-state index contributed by atoms with van der Waals surface area (Å²) in [5.74, 6) is 0.752. The highest BCUT2D eigenvalue weighted by molar-refractivity contribution is 5.76. The summed E-state index contributed by atoms with van der Waals surface area (Å²) in [4.78, 5) is 13.6. The lowest BCUT2D eigenvalue weighted by atomic mass is 9.94. The summed E-state index contributed by atoms with van der Waals surface area (Å²) >= 11 is 0. The van der Waals surface area contributed by atoms with E-state index in [0.717, 1.165) is 19.4 Å². The van der Waals surface area contributed by atoms with Gasteiger partial charge in [0.1, 0.15) is 0 Å². The monoisotopic (exact) mass is 214 g/mol. The third-order valence-corrected chi connectivity index (χ3v) is 3.11. The van der Waals surface area contributed by atoms with E-state index in [1.165, 1.54) is 0 Å². The Kier molecular flexibility index (Phi) is 5.05. The van der Waals surface area contributed by atoms with Crippen molar-refractivity contribution in [3.63, 3.8) is 0 Å². The van der Waals surface area contributed by atoms with Crippen molar-refractivity contribution in [3.05, 3.63) is 0 Å². The van der Waals surface area contributed by atoms with Gasteiger partial charge >= 0.3 is 0 Å². The number of hydrogen-bond donors (Lipinski definition) is 1. The molecule has 2 atom stereocenters. The number of rotatable bonds is 4. The highest BCUT2D eigenvalue weighted by Crippen LogP contribution is 2.16. The zero-order chi connectivity index (χ0) is 11.3. The molecule has 1 fully saturated rings. The maximum Gasteiger partial charge on any atom is 0.222 e. The smallest absolute Gasteiger partial charge is 0.222 e. The number of hydrogen-bond acceptors (Lipinski definition) is 3. The third-order valence-electron chi connectivity index (χ3n) is 3.11. The molecule has 0 bridgehead atoms. The fraction of sp³-hybridized carbons (Fsp3) is 0.909. The van der Waals surface area contributed by atoms with E-state index in [1.54, 1.807) is 7.11 Å². The molecule has 1 heterocycles. The number of likely N-dealkylation sites (tertiary alicyclic amines) is 1. The lowest BCUT2D eigenvalue weighted by molar-refractivity contribution is -0.133. The standard InChI is InChI=1S/C11H22N2O2/c1-9-5-6-13(8-10(9)12)11(14)4-3-7-15-2/h9-10H,3-8,12H2,1-2H3. The summed E-state index contributed by atoms with van der Waals surface area (Å²) in [6, 6.07) is 0.144. The fourth-order valence-electron chi connectivity index (χ4n) is 1.85. The Morgan fingerprint density at radius 2 is 2.33 bits per heavy atom. The number of piperidine rings is 1. The van der Waals surface area contributed by atoms with Crippen LogP contribution in [0.2, 0.25) is 0 Å². The molecule has 0 radical (unpaired) electrons. The van der Waals surface area contributed by atoms with E-state index < -0.39 is 0 Å². The molecule has 0 aliphatic carbocycles. The van der Waals surface area contributed by atoms with Crippen LogP contribution in [0.5, 0.6) is 0 Å². The van der Waals surface area contributed by atoms with Gasteiger partial charge in [-0.25, -0.2) is 0 Å². The average molecular weight is 214 g/mol. The van der Waals surface area contributed by atoms with Gasteiger partial charge in [-0.1, -0.05) is 6.92 Å². The number of amides is 1. The van der Waals surface area contributed by atoms with E-state index in [2.05, 4.69) is 6.92 Å². The summed E-state index contributed by atoms with van der Waals surface area (Å²) in [5, 5.41) is 0. The third kappa shape index (κ3) is 3.80. The van der Waals surface area contributed by atoms with E-state index in [-0.39, 0.29) is 11.9 Å². The Labute approximate surface area is 91.8 Å². The summed E-state index contributed by atoms with van der Waals surface area (Å²) in [6.07, 6.45) is 2.41. The predicted molar refractivity (Wildman–Crippen MR) is 59.4 cm³/mol. The molecule has 1 saturated heterocycles. The van der Waals surface area contributed by atoms with Crippen LogP contribution in [0.4, 0.5) is 0 Å². The van der Waals surface area contributed by atoms with E-state index in [4.69, 9.17) is 10.5 Å². The molecule has 4 heteroatoms. The Bertz CT molecular complexity index is 209. The minimum absolute atomic E-state index is 0.144. The molecule has 0 saturated carbocycles. The zero-order valence-corrected chi connectivity index (χ0v) is 9.74. The molecule has 0 aromatic rings. The molecular weight excluding hydrogens is 192 g/mol. The first-order valence-electron chi connectivity index (χ1n) is 5.67. The van der Waals surface area contributed by atoms with Crippen molar-refractivity contribution in [2.24, 2.45) is 11.7 Å². The van der Waals surface area contributed by atoms with Gasteiger partial charge in [-0.2, -0.15) is 0 Å². The van der Waals surface area contributed by atoms with Crippen LogP contribution in [0, 0.1) is 5.92 Å². The first-order valence-corrected chi connectivity index (χ1v) is 5.67. The topological polar surface area (TPSA) is 55.6 Å². The average Bonchev–Trinajstić information content (AvgIpc) is 2.22. The summed E-state index contributed by atoms with van der Waals surface area (Å²) in [7, 11) is 1.66. The molecule has 2 N–H and O–H groups in total. The maximum atomic E-state index is 11.7. The van der Waals surface area contributed by atoms with Crippen LogP contribution in [-0.2, 0) is 9.53 Å².